The number of carbonyl (C=O) groups is 1. The van der Waals surface area contributed by atoms with E-state index in [9.17, 15) is 9.18 Å². The first-order valence-electron chi connectivity index (χ1n) is 6.90. The molecular formula is C14H14ClFN6O. The summed E-state index contributed by atoms with van der Waals surface area (Å²) in [5.41, 5.74) is 0.771. The first-order valence-corrected chi connectivity index (χ1v) is 7.28. The number of urea groups is 1. The molecule has 2 amide bonds. The highest BCUT2D eigenvalue weighted by molar-refractivity contribution is 6.30. The molecule has 120 valence electrons. The Labute approximate surface area is 136 Å². The van der Waals surface area contributed by atoms with E-state index in [0.717, 1.165) is 0 Å². The van der Waals surface area contributed by atoms with Crippen LogP contribution in [0.2, 0.25) is 5.02 Å². The molecule has 0 bridgehead atoms. The molecule has 23 heavy (non-hydrogen) atoms. The van der Waals surface area contributed by atoms with E-state index in [1.165, 1.54) is 18.3 Å². The van der Waals surface area contributed by atoms with Crippen molar-refractivity contribution in [2.45, 2.75) is 0 Å². The van der Waals surface area contributed by atoms with E-state index >= 15 is 0 Å². The molecule has 1 aromatic carbocycles. The second-order valence-corrected chi connectivity index (χ2v) is 5.25. The SMILES string of the molecule is CNc1nc(Nc2ccc(Cl)cc2F)ncc1N1CCNC1=O. The second-order valence-electron chi connectivity index (χ2n) is 4.81. The summed E-state index contributed by atoms with van der Waals surface area (Å²) in [7, 11) is 1.69. The summed E-state index contributed by atoms with van der Waals surface area (Å²) in [6.45, 7) is 1.10. The van der Waals surface area contributed by atoms with Crippen molar-refractivity contribution in [1.82, 2.24) is 15.3 Å². The third kappa shape index (κ3) is 3.11. The number of rotatable bonds is 4. The average molecular weight is 337 g/mol. The first kappa shape index (κ1) is 15.3. The smallest absolute Gasteiger partial charge is 0.322 e. The van der Waals surface area contributed by atoms with E-state index < -0.39 is 5.82 Å². The molecule has 1 aliphatic heterocycles. The van der Waals surface area contributed by atoms with Crippen molar-refractivity contribution in [3.63, 3.8) is 0 Å². The number of hydrogen-bond acceptors (Lipinski definition) is 5. The van der Waals surface area contributed by atoms with E-state index in [4.69, 9.17) is 11.6 Å². The van der Waals surface area contributed by atoms with Gasteiger partial charge in [0.2, 0.25) is 5.95 Å². The fourth-order valence-corrected chi connectivity index (χ4v) is 2.39. The van der Waals surface area contributed by atoms with Gasteiger partial charge in [0.25, 0.3) is 0 Å². The molecular weight excluding hydrogens is 323 g/mol. The van der Waals surface area contributed by atoms with Gasteiger partial charge >= 0.3 is 6.03 Å². The van der Waals surface area contributed by atoms with Crippen LogP contribution in [0.5, 0.6) is 0 Å². The van der Waals surface area contributed by atoms with Gasteiger partial charge in [-0.3, -0.25) is 4.90 Å². The Morgan fingerprint density at radius 2 is 2.26 bits per heavy atom. The highest BCUT2D eigenvalue weighted by atomic mass is 35.5. The number of anilines is 4. The van der Waals surface area contributed by atoms with Crippen LogP contribution < -0.4 is 20.9 Å². The van der Waals surface area contributed by atoms with E-state index in [2.05, 4.69) is 25.9 Å². The zero-order valence-corrected chi connectivity index (χ0v) is 13.0. The summed E-state index contributed by atoms with van der Waals surface area (Å²) in [5.74, 6) is 0.169. The van der Waals surface area contributed by atoms with Gasteiger partial charge in [-0.25, -0.2) is 14.2 Å². The highest BCUT2D eigenvalue weighted by Crippen LogP contribution is 2.27. The molecule has 0 aliphatic carbocycles. The zero-order chi connectivity index (χ0) is 16.4. The van der Waals surface area contributed by atoms with Crippen LogP contribution in [0, 0.1) is 5.82 Å². The van der Waals surface area contributed by atoms with Gasteiger partial charge in [-0.15, -0.1) is 0 Å². The van der Waals surface area contributed by atoms with Crippen molar-refractivity contribution in [2.75, 3.05) is 35.7 Å². The molecule has 3 rings (SSSR count). The molecule has 7 nitrogen and oxygen atoms in total. The van der Waals surface area contributed by atoms with E-state index in [-0.39, 0.29) is 17.7 Å². The van der Waals surface area contributed by atoms with Crippen LogP contribution in [-0.2, 0) is 0 Å². The van der Waals surface area contributed by atoms with Crippen LogP contribution in [0.4, 0.5) is 32.3 Å². The highest BCUT2D eigenvalue weighted by Gasteiger charge is 2.24. The Hall–Kier alpha value is -2.61. The van der Waals surface area contributed by atoms with Gasteiger partial charge in [-0.05, 0) is 18.2 Å². The summed E-state index contributed by atoms with van der Waals surface area (Å²) in [6, 6.07) is 4.07. The number of nitrogens with one attached hydrogen (secondary N) is 3. The van der Waals surface area contributed by atoms with E-state index in [1.54, 1.807) is 18.0 Å². The summed E-state index contributed by atoms with van der Waals surface area (Å²) in [4.78, 5) is 21.7. The first-order chi connectivity index (χ1) is 11.1. The average Bonchev–Trinajstić information content (AvgIpc) is 2.96. The molecule has 1 aliphatic rings. The van der Waals surface area contributed by atoms with Crippen molar-refractivity contribution >= 4 is 40.8 Å². The summed E-state index contributed by atoms with van der Waals surface area (Å²) in [5, 5.41) is 8.72. The number of amides is 2. The Morgan fingerprint density at radius 1 is 1.43 bits per heavy atom. The van der Waals surface area contributed by atoms with Crippen molar-refractivity contribution < 1.29 is 9.18 Å². The monoisotopic (exact) mass is 336 g/mol. The standard InChI is InChI=1S/C14H14ClFN6O/c1-17-12-11(22-5-4-18-14(22)23)7-19-13(21-12)20-10-3-2-8(15)6-9(10)16/h2-3,6-7H,4-5H2,1H3,(H,18,23)(H2,17,19,20,21). The summed E-state index contributed by atoms with van der Waals surface area (Å²) >= 11 is 5.72. The van der Waals surface area contributed by atoms with Crippen LogP contribution in [0.15, 0.2) is 24.4 Å². The maximum Gasteiger partial charge on any atom is 0.322 e. The van der Waals surface area contributed by atoms with E-state index in [0.29, 0.717) is 29.6 Å². The number of nitrogens with zero attached hydrogens (tertiary/aromatic N) is 3. The number of carbonyl (C=O) groups excluding carboxylic acids is 1. The Bertz CT molecular complexity index is 756. The van der Waals surface area contributed by atoms with Gasteiger partial charge in [-0.1, -0.05) is 11.6 Å². The lowest BCUT2D eigenvalue weighted by Gasteiger charge is -2.17. The van der Waals surface area contributed by atoms with Crippen molar-refractivity contribution in [3.8, 4) is 0 Å². The Balaban J connectivity index is 1.88. The number of halogens is 2. The maximum atomic E-state index is 13.8. The Kier molecular flexibility index (Phi) is 4.16. The molecule has 0 atom stereocenters. The Morgan fingerprint density at radius 3 is 2.91 bits per heavy atom. The van der Waals surface area contributed by atoms with Gasteiger partial charge < -0.3 is 16.0 Å². The quantitative estimate of drug-likeness (QED) is 0.799. The van der Waals surface area contributed by atoms with Gasteiger partial charge in [0.05, 0.1) is 11.9 Å². The third-order valence-electron chi connectivity index (χ3n) is 3.33. The molecule has 0 unspecified atom stereocenters. The summed E-state index contributed by atoms with van der Waals surface area (Å²) < 4.78 is 13.8. The molecule has 2 aromatic rings. The predicted molar refractivity (Wildman–Crippen MR) is 87.0 cm³/mol. The van der Waals surface area contributed by atoms with E-state index in [1.807, 2.05) is 0 Å². The fraction of sp³-hybridized carbons (Fsp3) is 0.214. The maximum absolute atomic E-state index is 13.8. The minimum absolute atomic E-state index is 0.199. The molecule has 0 saturated carbocycles. The third-order valence-corrected chi connectivity index (χ3v) is 3.57. The van der Waals surface area contributed by atoms with Crippen LogP contribution >= 0.6 is 11.6 Å². The van der Waals surface area contributed by atoms with Crippen LogP contribution in [-0.4, -0.2) is 36.1 Å². The van der Waals surface area contributed by atoms with Gasteiger partial charge in [0, 0.05) is 25.2 Å². The molecule has 1 aromatic heterocycles. The number of aromatic nitrogens is 2. The van der Waals surface area contributed by atoms with Gasteiger partial charge in [-0.2, -0.15) is 4.98 Å². The van der Waals surface area contributed by atoms with Gasteiger partial charge in [0.15, 0.2) is 5.82 Å². The topological polar surface area (TPSA) is 82.2 Å². The van der Waals surface area contributed by atoms with Crippen molar-refractivity contribution in [1.29, 1.82) is 0 Å². The lowest BCUT2D eigenvalue weighted by atomic mass is 10.3. The summed E-state index contributed by atoms with van der Waals surface area (Å²) in [6.07, 6.45) is 1.51. The lowest BCUT2D eigenvalue weighted by Crippen LogP contribution is -2.28. The molecule has 1 fully saturated rings. The zero-order valence-electron chi connectivity index (χ0n) is 12.2. The van der Waals surface area contributed by atoms with Crippen LogP contribution in [0.25, 0.3) is 0 Å². The normalized spacial score (nSPS) is 13.9. The van der Waals surface area contributed by atoms with Crippen LogP contribution in [0.1, 0.15) is 0 Å². The minimum atomic E-state index is -0.505. The fourth-order valence-electron chi connectivity index (χ4n) is 2.23. The minimum Gasteiger partial charge on any atom is -0.371 e. The lowest BCUT2D eigenvalue weighted by molar-refractivity contribution is 0.252. The molecule has 9 heteroatoms. The molecule has 1 saturated heterocycles. The van der Waals surface area contributed by atoms with Crippen LogP contribution in [0.3, 0.4) is 0 Å². The number of hydrogen-bond donors (Lipinski definition) is 3. The number of benzene rings is 1. The molecule has 0 spiro atoms. The molecule has 0 radical (unpaired) electrons. The molecule has 3 N–H and O–H groups in total. The molecule has 2 heterocycles. The predicted octanol–water partition coefficient (Wildman–Crippen LogP) is 2.58. The second kappa shape index (κ2) is 6.25. The van der Waals surface area contributed by atoms with Gasteiger partial charge in [0.1, 0.15) is 11.5 Å². The largest absolute Gasteiger partial charge is 0.371 e. The van der Waals surface area contributed by atoms with Crippen molar-refractivity contribution in [2.24, 2.45) is 0 Å². The van der Waals surface area contributed by atoms with Crippen molar-refractivity contribution in [3.05, 3.63) is 35.2 Å².